The van der Waals surface area contributed by atoms with Gasteiger partial charge in [0, 0.05) is 6.42 Å². The summed E-state index contributed by atoms with van der Waals surface area (Å²) >= 11 is 1.57. The average molecular weight is 209 g/mol. The van der Waals surface area contributed by atoms with E-state index in [0.29, 0.717) is 6.54 Å². The Hall–Kier alpha value is -1.20. The van der Waals surface area contributed by atoms with Gasteiger partial charge in [0.05, 0.1) is 11.8 Å². The van der Waals surface area contributed by atoms with Crippen LogP contribution >= 0.6 is 11.3 Å². The lowest BCUT2D eigenvalue weighted by Gasteiger charge is -1.89. The third-order valence-corrected chi connectivity index (χ3v) is 2.93. The molecule has 0 aliphatic heterocycles. The molecule has 74 valence electrons. The van der Waals surface area contributed by atoms with E-state index in [1.165, 1.54) is 0 Å². The number of nitrogens with zero attached hydrogens (tertiary/aromatic N) is 2. The van der Waals surface area contributed by atoms with Crippen LogP contribution in [0, 0.1) is 6.92 Å². The summed E-state index contributed by atoms with van der Waals surface area (Å²) in [5.41, 5.74) is 6.46. The van der Waals surface area contributed by atoms with Gasteiger partial charge < -0.3 is 10.2 Å². The van der Waals surface area contributed by atoms with Gasteiger partial charge in [-0.15, -0.1) is 10.2 Å². The van der Waals surface area contributed by atoms with E-state index in [1.54, 1.807) is 17.6 Å². The molecule has 2 aromatic rings. The van der Waals surface area contributed by atoms with Crippen molar-refractivity contribution in [1.29, 1.82) is 0 Å². The zero-order valence-corrected chi connectivity index (χ0v) is 8.67. The minimum Gasteiger partial charge on any atom is -0.469 e. The Kier molecular flexibility index (Phi) is 2.60. The van der Waals surface area contributed by atoms with Crippen molar-refractivity contribution >= 4 is 11.3 Å². The Labute approximate surface area is 85.8 Å². The van der Waals surface area contributed by atoms with Gasteiger partial charge in [-0.05, 0) is 19.5 Å². The van der Waals surface area contributed by atoms with Crippen LogP contribution in [-0.4, -0.2) is 16.7 Å². The zero-order valence-electron chi connectivity index (χ0n) is 7.86. The Balaban J connectivity index is 2.29. The van der Waals surface area contributed by atoms with Crippen molar-refractivity contribution in [3.63, 3.8) is 0 Å². The quantitative estimate of drug-likeness (QED) is 0.834. The number of hydrogen-bond donors (Lipinski definition) is 1. The lowest BCUT2D eigenvalue weighted by Crippen LogP contribution is -2.01. The Morgan fingerprint density at radius 1 is 1.50 bits per heavy atom. The molecular formula is C9H11N3OS. The molecule has 0 fully saturated rings. The fourth-order valence-corrected chi connectivity index (χ4v) is 2.12. The van der Waals surface area contributed by atoms with Crippen LogP contribution in [0.15, 0.2) is 16.7 Å². The minimum absolute atomic E-state index is 0.610. The van der Waals surface area contributed by atoms with Crippen LogP contribution < -0.4 is 5.73 Å². The van der Waals surface area contributed by atoms with Crippen LogP contribution in [0.25, 0.3) is 10.6 Å². The fraction of sp³-hybridized carbons (Fsp3) is 0.333. The van der Waals surface area contributed by atoms with Gasteiger partial charge in [-0.2, -0.15) is 0 Å². The summed E-state index contributed by atoms with van der Waals surface area (Å²) in [4.78, 5) is 0. The maximum Gasteiger partial charge on any atom is 0.151 e. The predicted octanol–water partition coefficient (Wildman–Crippen LogP) is 1.61. The maximum absolute atomic E-state index is 5.44. The summed E-state index contributed by atoms with van der Waals surface area (Å²) in [5, 5.41) is 10.0. The molecule has 0 bridgehead atoms. The molecule has 0 saturated carbocycles. The van der Waals surface area contributed by atoms with Crippen molar-refractivity contribution in [3.05, 3.63) is 23.1 Å². The second-order valence-electron chi connectivity index (χ2n) is 2.93. The van der Waals surface area contributed by atoms with Gasteiger partial charge in [0.15, 0.2) is 5.01 Å². The molecular weight excluding hydrogens is 198 g/mol. The molecule has 4 nitrogen and oxygen atoms in total. The normalized spacial score (nSPS) is 10.7. The number of rotatable bonds is 3. The van der Waals surface area contributed by atoms with E-state index in [0.717, 1.165) is 27.8 Å². The smallest absolute Gasteiger partial charge is 0.151 e. The second kappa shape index (κ2) is 3.89. The van der Waals surface area contributed by atoms with Gasteiger partial charge in [-0.25, -0.2) is 0 Å². The topological polar surface area (TPSA) is 64.9 Å². The van der Waals surface area contributed by atoms with Crippen molar-refractivity contribution in [2.45, 2.75) is 13.3 Å². The molecule has 0 aromatic carbocycles. The molecule has 2 rings (SSSR count). The monoisotopic (exact) mass is 209 g/mol. The third kappa shape index (κ3) is 1.69. The van der Waals surface area contributed by atoms with E-state index in [2.05, 4.69) is 10.2 Å². The molecule has 0 radical (unpaired) electrons. The van der Waals surface area contributed by atoms with Gasteiger partial charge in [-0.3, -0.25) is 0 Å². The summed E-state index contributed by atoms with van der Waals surface area (Å²) < 4.78 is 5.20. The fourth-order valence-electron chi connectivity index (χ4n) is 1.19. The highest BCUT2D eigenvalue weighted by Crippen LogP contribution is 2.27. The Morgan fingerprint density at radius 3 is 3.00 bits per heavy atom. The van der Waals surface area contributed by atoms with E-state index in [-0.39, 0.29) is 0 Å². The SMILES string of the molecule is Cc1occc1-c1nnc(CCN)s1. The Morgan fingerprint density at radius 2 is 2.36 bits per heavy atom. The Bertz CT molecular complexity index is 421. The van der Waals surface area contributed by atoms with E-state index in [4.69, 9.17) is 10.2 Å². The molecule has 2 N–H and O–H groups in total. The molecule has 0 aliphatic carbocycles. The third-order valence-electron chi connectivity index (χ3n) is 1.91. The van der Waals surface area contributed by atoms with Crippen LogP contribution in [0.4, 0.5) is 0 Å². The van der Waals surface area contributed by atoms with Crippen molar-refractivity contribution in [2.75, 3.05) is 6.54 Å². The van der Waals surface area contributed by atoms with Crippen molar-refractivity contribution in [3.8, 4) is 10.6 Å². The first-order chi connectivity index (χ1) is 6.81. The van der Waals surface area contributed by atoms with Gasteiger partial charge in [0.2, 0.25) is 0 Å². The predicted molar refractivity (Wildman–Crippen MR) is 55.1 cm³/mol. The first kappa shape index (κ1) is 9.36. The molecule has 2 aromatic heterocycles. The van der Waals surface area contributed by atoms with E-state index < -0.39 is 0 Å². The number of hydrogen-bond acceptors (Lipinski definition) is 5. The molecule has 2 heterocycles. The summed E-state index contributed by atoms with van der Waals surface area (Å²) in [6.07, 6.45) is 2.45. The second-order valence-corrected chi connectivity index (χ2v) is 3.99. The lowest BCUT2D eigenvalue weighted by molar-refractivity contribution is 0.535. The van der Waals surface area contributed by atoms with Crippen molar-refractivity contribution in [2.24, 2.45) is 5.73 Å². The molecule has 14 heavy (non-hydrogen) atoms. The van der Waals surface area contributed by atoms with Gasteiger partial charge >= 0.3 is 0 Å². The van der Waals surface area contributed by atoms with Crippen molar-refractivity contribution < 1.29 is 4.42 Å². The van der Waals surface area contributed by atoms with Crippen LogP contribution in [0.1, 0.15) is 10.8 Å². The first-order valence-corrected chi connectivity index (χ1v) is 5.20. The molecule has 0 unspecified atom stereocenters. The molecule has 0 aliphatic rings. The minimum atomic E-state index is 0.610. The largest absolute Gasteiger partial charge is 0.469 e. The number of aryl methyl sites for hydroxylation is 1. The highest BCUT2D eigenvalue weighted by atomic mass is 32.1. The molecule has 0 atom stereocenters. The molecule has 0 spiro atoms. The summed E-state index contributed by atoms with van der Waals surface area (Å²) in [6.45, 7) is 2.53. The maximum atomic E-state index is 5.44. The standard InChI is InChI=1S/C9H11N3OS/c1-6-7(3-5-13-6)9-12-11-8(14-9)2-4-10/h3,5H,2,4,10H2,1H3. The van der Waals surface area contributed by atoms with E-state index in [9.17, 15) is 0 Å². The number of aromatic nitrogens is 2. The van der Waals surface area contributed by atoms with Crippen molar-refractivity contribution in [1.82, 2.24) is 10.2 Å². The highest BCUT2D eigenvalue weighted by Gasteiger charge is 2.10. The number of furan rings is 1. The average Bonchev–Trinajstić information content (AvgIpc) is 2.74. The van der Waals surface area contributed by atoms with Crippen LogP contribution in [0.3, 0.4) is 0 Å². The number of nitrogens with two attached hydrogens (primary N) is 1. The van der Waals surface area contributed by atoms with Crippen LogP contribution in [-0.2, 0) is 6.42 Å². The van der Waals surface area contributed by atoms with E-state index in [1.807, 2.05) is 13.0 Å². The molecule has 5 heteroatoms. The molecule has 0 amide bonds. The van der Waals surface area contributed by atoms with E-state index >= 15 is 0 Å². The summed E-state index contributed by atoms with van der Waals surface area (Å²) in [7, 11) is 0. The summed E-state index contributed by atoms with van der Waals surface area (Å²) in [5.74, 6) is 0.875. The lowest BCUT2D eigenvalue weighted by atomic mass is 10.3. The van der Waals surface area contributed by atoms with Gasteiger partial charge in [0.1, 0.15) is 10.8 Å². The van der Waals surface area contributed by atoms with Gasteiger partial charge in [0.25, 0.3) is 0 Å². The highest BCUT2D eigenvalue weighted by molar-refractivity contribution is 7.14. The first-order valence-electron chi connectivity index (χ1n) is 4.38. The molecule has 0 saturated heterocycles. The zero-order chi connectivity index (χ0) is 9.97. The summed E-state index contributed by atoms with van der Waals surface area (Å²) in [6, 6.07) is 1.90. The van der Waals surface area contributed by atoms with Crippen LogP contribution in [0.5, 0.6) is 0 Å². The van der Waals surface area contributed by atoms with Gasteiger partial charge in [-0.1, -0.05) is 11.3 Å². The van der Waals surface area contributed by atoms with Crippen LogP contribution in [0.2, 0.25) is 0 Å².